The Morgan fingerprint density at radius 3 is 3.25 bits per heavy atom. The van der Waals surface area contributed by atoms with Gasteiger partial charge in [-0.1, -0.05) is 0 Å². The molecule has 0 atom stereocenters. The Hall–Kier alpha value is -2.31. The molecule has 7 nitrogen and oxygen atoms in total. The third kappa shape index (κ3) is 1.62. The van der Waals surface area contributed by atoms with Crippen LogP contribution in [-0.2, 0) is 6.61 Å². The average Bonchev–Trinajstić information content (AvgIpc) is 2.97. The summed E-state index contributed by atoms with van der Waals surface area (Å²) in [6.07, 6.45) is 0. The predicted molar refractivity (Wildman–Crippen MR) is 49.9 cm³/mol. The second kappa shape index (κ2) is 3.69. The lowest BCUT2D eigenvalue weighted by atomic mass is 10.3. The van der Waals surface area contributed by atoms with E-state index in [-0.39, 0.29) is 13.4 Å². The minimum Gasteiger partial charge on any atom is -0.485 e. The zero-order valence-electron chi connectivity index (χ0n) is 8.14. The fourth-order valence-electron chi connectivity index (χ4n) is 1.29. The Balaban J connectivity index is 1.71. The summed E-state index contributed by atoms with van der Waals surface area (Å²) in [5.41, 5.74) is 0. The van der Waals surface area contributed by atoms with Gasteiger partial charge in [-0.25, -0.2) is 5.10 Å². The number of fused-ring (bicyclic) bond motifs is 1. The van der Waals surface area contributed by atoms with E-state index in [4.69, 9.17) is 14.2 Å². The zero-order chi connectivity index (χ0) is 10.8. The lowest BCUT2D eigenvalue weighted by Crippen LogP contribution is -1.97. The highest BCUT2D eigenvalue weighted by molar-refractivity contribution is 5.46. The maximum atomic E-state index is 5.41. The maximum Gasteiger partial charge on any atom is 0.231 e. The molecule has 0 saturated carbocycles. The number of nitrogens with one attached hydrogen (secondary N) is 1. The Morgan fingerprint density at radius 1 is 1.44 bits per heavy atom. The largest absolute Gasteiger partial charge is 0.485 e. The van der Waals surface area contributed by atoms with E-state index in [2.05, 4.69) is 26.7 Å². The molecule has 0 fully saturated rings. The third-order valence-electron chi connectivity index (χ3n) is 2.03. The lowest BCUT2D eigenvalue weighted by Gasteiger charge is -2.03. The van der Waals surface area contributed by atoms with Gasteiger partial charge < -0.3 is 14.2 Å². The standard InChI is InChI=1S/C9H7N4O3/c1-2-7-8(16-5-15-7)3-6(1)14-4-9-10-12-13-11-9/h2-3H,4-5H2,(H,10,11,12,13). The van der Waals surface area contributed by atoms with Crippen molar-refractivity contribution in [1.82, 2.24) is 20.6 Å². The molecular formula is C9H7N4O3. The molecule has 3 rings (SSSR count). The number of H-pyrrole nitrogens is 1. The van der Waals surface area contributed by atoms with Crippen molar-refractivity contribution in [3.63, 3.8) is 0 Å². The van der Waals surface area contributed by atoms with Gasteiger partial charge in [-0.3, -0.25) is 0 Å². The molecule has 0 spiro atoms. The van der Waals surface area contributed by atoms with Crippen LogP contribution < -0.4 is 14.2 Å². The number of benzene rings is 1. The smallest absolute Gasteiger partial charge is 0.231 e. The molecule has 0 saturated heterocycles. The van der Waals surface area contributed by atoms with Crippen LogP contribution in [0.1, 0.15) is 5.82 Å². The molecule has 1 N–H and O–H groups in total. The van der Waals surface area contributed by atoms with Crippen LogP contribution in [0.4, 0.5) is 0 Å². The molecule has 1 aromatic heterocycles. The molecule has 0 bridgehead atoms. The molecule has 81 valence electrons. The van der Waals surface area contributed by atoms with Gasteiger partial charge in [0.25, 0.3) is 0 Å². The van der Waals surface area contributed by atoms with Crippen molar-refractivity contribution < 1.29 is 14.2 Å². The molecule has 2 aromatic rings. The maximum absolute atomic E-state index is 5.41. The Morgan fingerprint density at radius 2 is 2.38 bits per heavy atom. The second-order valence-electron chi connectivity index (χ2n) is 3.07. The number of hydrogen-bond donors (Lipinski definition) is 1. The minimum absolute atomic E-state index is 0.235. The van der Waals surface area contributed by atoms with E-state index in [9.17, 15) is 0 Å². The number of tetrazole rings is 1. The normalized spacial score (nSPS) is 12.8. The van der Waals surface area contributed by atoms with Crippen molar-refractivity contribution in [1.29, 1.82) is 0 Å². The van der Waals surface area contributed by atoms with Crippen LogP contribution in [0.15, 0.2) is 12.1 Å². The molecule has 0 amide bonds. The van der Waals surface area contributed by atoms with Crippen molar-refractivity contribution in [3.05, 3.63) is 24.0 Å². The summed E-state index contributed by atoms with van der Waals surface area (Å²) in [6.45, 7) is 0.488. The molecule has 1 aliphatic rings. The summed E-state index contributed by atoms with van der Waals surface area (Å²) in [6, 6.07) is 6.31. The first kappa shape index (κ1) is 8.96. The van der Waals surface area contributed by atoms with Gasteiger partial charge in [0.15, 0.2) is 17.3 Å². The molecular weight excluding hydrogens is 212 g/mol. The summed E-state index contributed by atoms with van der Waals surface area (Å²) in [7, 11) is 0. The Bertz CT molecular complexity index is 486. The van der Waals surface area contributed by atoms with E-state index in [0.29, 0.717) is 23.1 Å². The van der Waals surface area contributed by atoms with Gasteiger partial charge in [0.05, 0.1) is 0 Å². The van der Waals surface area contributed by atoms with E-state index >= 15 is 0 Å². The number of aromatic nitrogens is 4. The molecule has 0 aliphatic carbocycles. The zero-order valence-corrected chi connectivity index (χ0v) is 8.14. The first-order chi connectivity index (χ1) is 7.92. The van der Waals surface area contributed by atoms with E-state index < -0.39 is 0 Å². The van der Waals surface area contributed by atoms with E-state index in [0.717, 1.165) is 0 Å². The Labute approximate surface area is 90.3 Å². The van der Waals surface area contributed by atoms with Gasteiger partial charge in [0.1, 0.15) is 12.4 Å². The van der Waals surface area contributed by atoms with Gasteiger partial charge in [0, 0.05) is 12.1 Å². The van der Waals surface area contributed by atoms with E-state index in [1.54, 1.807) is 12.1 Å². The van der Waals surface area contributed by atoms with Crippen LogP contribution >= 0.6 is 0 Å². The minimum atomic E-state index is 0.235. The lowest BCUT2D eigenvalue weighted by molar-refractivity contribution is 0.173. The fourth-order valence-corrected chi connectivity index (χ4v) is 1.29. The number of aromatic amines is 1. The number of hydrogen-bond acceptors (Lipinski definition) is 6. The van der Waals surface area contributed by atoms with Crippen molar-refractivity contribution >= 4 is 0 Å². The highest BCUT2D eigenvalue weighted by Gasteiger charge is 2.14. The van der Waals surface area contributed by atoms with Gasteiger partial charge >= 0.3 is 0 Å². The molecule has 7 heteroatoms. The van der Waals surface area contributed by atoms with E-state index in [1.165, 1.54) is 0 Å². The second-order valence-corrected chi connectivity index (χ2v) is 3.07. The molecule has 2 heterocycles. The number of ether oxygens (including phenoxy) is 3. The Kier molecular flexibility index (Phi) is 2.06. The summed E-state index contributed by atoms with van der Waals surface area (Å²) in [5, 5.41) is 13.2. The molecule has 1 radical (unpaired) electrons. The molecule has 16 heavy (non-hydrogen) atoms. The van der Waals surface area contributed by atoms with Crippen molar-refractivity contribution in [2.24, 2.45) is 0 Å². The summed E-state index contributed by atoms with van der Waals surface area (Å²) < 4.78 is 15.8. The molecule has 1 aromatic carbocycles. The van der Waals surface area contributed by atoms with Crippen LogP contribution in [0.2, 0.25) is 0 Å². The van der Waals surface area contributed by atoms with Crippen molar-refractivity contribution in [3.8, 4) is 17.2 Å². The average molecular weight is 219 g/mol. The van der Waals surface area contributed by atoms with Crippen molar-refractivity contribution in [2.45, 2.75) is 6.61 Å². The first-order valence-electron chi connectivity index (χ1n) is 4.58. The van der Waals surface area contributed by atoms with Gasteiger partial charge in [-0.05, 0) is 16.5 Å². The van der Waals surface area contributed by atoms with Crippen LogP contribution in [-0.4, -0.2) is 27.4 Å². The van der Waals surface area contributed by atoms with Gasteiger partial charge in [-0.2, -0.15) is 0 Å². The topological polar surface area (TPSA) is 82.2 Å². The number of rotatable bonds is 3. The van der Waals surface area contributed by atoms with Gasteiger partial charge in [-0.15, -0.1) is 5.10 Å². The predicted octanol–water partition coefficient (Wildman–Crippen LogP) is 0.308. The first-order valence-corrected chi connectivity index (χ1v) is 4.58. The van der Waals surface area contributed by atoms with E-state index in [1.807, 2.05) is 0 Å². The summed E-state index contributed by atoms with van der Waals surface area (Å²) in [4.78, 5) is 0. The van der Waals surface area contributed by atoms with Crippen LogP contribution in [0.25, 0.3) is 0 Å². The highest BCUT2D eigenvalue weighted by atomic mass is 16.7. The van der Waals surface area contributed by atoms with Crippen LogP contribution in [0.3, 0.4) is 0 Å². The van der Waals surface area contributed by atoms with Crippen molar-refractivity contribution in [2.75, 3.05) is 6.79 Å². The summed E-state index contributed by atoms with van der Waals surface area (Å²) >= 11 is 0. The quantitative estimate of drug-likeness (QED) is 0.799. The molecule has 1 aliphatic heterocycles. The monoisotopic (exact) mass is 219 g/mol. The SMILES string of the molecule is [c]1cc2c(cc1OCc1nnn[nH]1)OCO2. The molecule has 0 unspecified atom stereocenters. The van der Waals surface area contributed by atoms with Gasteiger partial charge in [0.2, 0.25) is 6.79 Å². The number of nitrogens with zero attached hydrogens (tertiary/aromatic N) is 3. The van der Waals surface area contributed by atoms with Crippen LogP contribution in [0.5, 0.6) is 17.2 Å². The van der Waals surface area contributed by atoms with Crippen LogP contribution in [0, 0.1) is 6.07 Å². The third-order valence-corrected chi connectivity index (χ3v) is 2.03. The highest BCUT2D eigenvalue weighted by Crippen LogP contribution is 2.34. The summed E-state index contributed by atoms with van der Waals surface area (Å²) in [5.74, 6) is 2.44. The fraction of sp³-hybridized carbons (Fsp3) is 0.222.